The second kappa shape index (κ2) is 8.70. The Hall–Kier alpha value is -3.06. The van der Waals surface area contributed by atoms with E-state index in [9.17, 15) is 0 Å². The zero-order valence-electron chi connectivity index (χ0n) is 15.0. The molecule has 126 valence electrons. The minimum absolute atomic E-state index is 0.795. The molecule has 0 heterocycles. The first-order chi connectivity index (χ1) is 12.0. The average molecular weight is 327 g/mol. The molecule has 0 aromatic heterocycles. The van der Waals surface area contributed by atoms with E-state index in [1.807, 2.05) is 67.6 Å². The average Bonchev–Trinajstić information content (AvgIpc) is 2.63. The molecule has 0 atom stereocenters. The monoisotopic (exact) mass is 327 g/mol. The predicted molar refractivity (Wildman–Crippen MR) is 110 cm³/mol. The third kappa shape index (κ3) is 4.95. The summed E-state index contributed by atoms with van der Waals surface area (Å²) >= 11 is 0. The van der Waals surface area contributed by atoms with Gasteiger partial charge in [-0.25, -0.2) is 0 Å². The van der Waals surface area contributed by atoms with Gasteiger partial charge < -0.3 is 5.73 Å². The summed E-state index contributed by atoms with van der Waals surface area (Å²) in [6, 6.07) is 26.2. The molecule has 0 saturated heterocycles. The summed E-state index contributed by atoms with van der Waals surface area (Å²) in [6.45, 7) is 11.9. The van der Waals surface area contributed by atoms with E-state index >= 15 is 0 Å². The number of hydrogen-bond acceptors (Lipinski definition) is 1. The predicted octanol–water partition coefficient (Wildman–Crippen LogP) is 4.24. The van der Waals surface area contributed by atoms with Gasteiger partial charge in [0.1, 0.15) is 0 Å². The number of nitrogens with two attached hydrogens (primary N) is 1. The molecule has 3 aromatic carbocycles. The van der Waals surface area contributed by atoms with E-state index in [-0.39, 0.29) is 0 Å². The van der Waals surface area contributed by atoms with E-state index in [0.717, 1.165) is 32.8 Å². The molecule has 3 rings (SSSR count). The number of hydrogen-bond donors (Lipinski definition) is 1. The van der Waals surface area contributed by atoms with Crippen LogP contribution in [-0.2, 0) is 0 Å². The number of allylic oxidation sites excluding steroid dienone is 1. The van der Waals surface area contributed by atoms with Crippen molar-refractivity contribution in [1.82, 2.24) is 0 Å². The van der Waals surface area contributed by atoms with E-state index in [1.165, 1.54) is 5.56 Å². The van der Waals surface area contributed by atoms with Gasteiger partial charge in [0.25, 0.3) is 0 Å². The lowest BCUT2D eigenvalue weighted by molar-refractivity contribution is 1.32. The highest BCUT2D eigenvalue weighted by molar-refractivity contribution is 5.63. The Bertz CT molecular complexity index is 938. The van der Waals surface area contributed by atoms with Crippen LogP contribution >= 0.6 is 0 Å². The van der Waals surface area contributed by atoms with Crippen LogP contribution in [0.15, 0.2) is 85.4 Å². The van der Waals surface area contributed by atoms with Crippen LogP contribution in [0.1, 0.15) is 23.6 Å². The molecular formula is C24H25N. The Labute approximate surface area is 150 Å². The molecule has 0 unspecified atom stereocenters. The van der Waals surface area contributed by atoms with Gasteiger partial charge in [-0.05, 0) is 35.8 Å². The van der Waals surface area contributed by atoms with Crippen molar-refractivity contribution >= 4 is 17.8 Å². The van der Waals surface area contributed by atoms with Crippen LogP contribution in [0, 0.1) is 6.92 Å². The Morgan fingerprint density at radius 1 is 0.760 bits per heavy atom. The molecule has 0 aliphatic carbocycles. The fourth-order valence-corrected chi connectivity index (χ4v) is 2.60. The van der Waals surface area contributed by atoms with Gasteiger partial charge in [0, 0.05) is 10.9 Å². The van der Waals surface area contributed by atoms with Gasteiger partial charge in [0.2, 0.25) is 0 Å². The second-order valence-corrected chi connectivity index (χ2v) is 6.04. The first-order valence-corrected chi connectivity index (χ1v) is 8.31. The van der Waals surface area contributed by atoms with Gasteiger partial charge in [0.05, 0.1) is 0 Å². The Balaban J connectivity index is 0.000000212. The molecular weight excluding hydrogens is 302 g/mol. The van der Waals surface area contributed by atoms with Gasteiger partial charge in [-0.3, -0.25) is 0 Å². The largest absolute Gasteiger partial charge is 0.398 e. The molecule has 0 aliphatic rings. The summed E-state index contributed by atoms with van der Waals surface area (Å²) < 4.78 is 0. The summed E-state index contributed by atoms with van der Waals surface area (Å²) in [6.07, 6.45) is 0. The number of rotatable bonds is 2. The van der Waals surface area contributed by atoms with Crippen LogP contribution in [0.5, 0.6) is 0 Å². The molecule has 0 fully saturated rings. The van der Waals surface area contributed by atoms with Gasteiger partial charge in [0.15, 0.2) is 0 Å². The molecule has 25 heavy (non-hydrogen) atoms. The van der Waals surface area contributed by atoms with E-state index in [0.29, 0.717) is 0 Å². The summed E-state index contributed by atoms with van der Waals surface area (Å²) in [5.74, 6) is 0. The lowest BCUT2D eigenvalue weighted by atomic mass is 10.1. The topological polar surface area (TPSA) is 26.0 Å². The fourth-order valence-electron chi connectivity index (χ4n) is 2.60. The van der Waals surface area contributed by atoms with Crippen molar-refractivity contribution in [3.8, 4) is 0 Å². The van der Waals surface area contributed by atoms with E-state index < -0.39 is 0 Å². The third-order valence-electron chi connectivity index (χ3n) is 3.98. The first kappa shape index (κ1) is 18.3. The van der Waals surface area contributed by atoms with Crippen molar-refractivity contribution in [2.45, 2.75) is 13.8 Å². The fraction of sp³-hybridized carbons (Fsp3) is 0.0833. The molecule has 0 saturated carbocycles. The van der Waals surface area contributed by atoms with Crippen LogP contribution < -0.4 is 16.2 Å². The van der Waals surface area contributed by atoms with Gasteiger partial charge in [-0.2, -0.15) is 0 Å². The van der Waals surface area contributed by atoms with Crippen LogP contribution in [0.4, 0.5) is 0 Å². The first-order valence-electron chi connectivity index (χ1n) is 8.31. The Morgan fingerprint density at radius 2 is 1.28 bits per heavy atom. The van der Waals surface area contributed by atoms with Crippen molar-refractivity contribution < 1.29 is 0 Å². The van der Waals surface area contributed by atoms with Crippen LogP contribution in [0.3, 0.4) is 0 Å². The molecule has 0 radical (unpaired) electrons. The molecule has 0 spiro atoms. The molecule has 1 heteroatoms. The van der Waals surface area contributed by atoms with E-state index in [2.05, 4.69) is 38.3 Å². The number of aryl methyl sites for hydroxylation is 1. The lowest BCUT2D eigenvalue weighted by Crippen LogP contribution is -2.31. The highest BCUT2D eigenvalue weighted by Crippen LogP contribution is 2.08. The van der Waals surface area contributed by atoms with Crippen molar-refractivity contribution in [3.05, 3.63) is 113 Å². The smallest absolute Gasteiger partial charge is 0.0469 e. The maximum atomic E-state index is 6.19. The molecule has 2 N–H and O–H groups in total. The summed E-state index contributed by atoms with van der Waals surface area (Å²) in [5.41, 5.74) is 11.5. The Kier molecular flexibility index (Phi) is 6.36. The van der Waals surface area contributed by atoms with Crippen LogP contribution in [0.25, 0.3) is 17.8 Å². The number of benzene rings is 3. The highest BCUT2D eigenvalue weighted by Gasteiger charge is 1.99. The highest BCUT2D eigenvalue weighted by atomic mass is 14.6. The second-order valence-electron chi connectivity index (χ2n) is 6.04. The maximum absolute atomic E-state index is 6.19. The molecule has 1 nitrogen and oxygen atoms in total. The minimum Gasteiger partial charge on any atom is -0.398 e. The standard InChI is InChI=1S/C15H15N.C9H10/c1-11-7-6-8-12(2)14(11)15(16)13-9-4-3-5-10-13;1-8(2)9-6-4-3-5-7-9/h3-10H,1,16H2,2H3;3-7H,1H2,2H3/b15-14+;. The SMILES string of the molecule is C=C(C)c1ccccc1.C=c1cccc(C)/c1=C(/N)c1ccccc1. The molecule has 0 bridgehead atoms. The minimum atomic E-state index is 0.795. The Morgan fingerprint density at radius 3 is 1.72 bits per heavy atom. The van der Waals surface area contributed by atoms with Crippen molar-refractivity contribution in [1.29, 1.82) is 0 Å². The summed E-state index contributed by atoms with van der Waals surface area (Å²) in [4.78, 5) is 0. The lowest BCUT2D eigenvalue weighted by Gasteiger charge is -2.04. The maximum Gasteiger partial charge on any atom is 0.0469 e. The van der Waals surface area contributed by atoms with Crippen LogP contribution in [-0.4, -0.2) is 0 Å². The normalized spacial score (nSPS) is 11.1. The van der Waals surface area contributed by atoms with E-state index in [4.69, 9.17) is 5.73 Å². The van der Waals surface area contributed by atoms with Gasteiger partial charge >= 0.3 is 0 Å². The summed E-state index contributed by atoms with van der Waals surface area (Å²) in [5, 5.41) is 2.02. The van der Waals surface area contributed by atoms with Crippen LogP contribution in [0.2, 0.25) is 0 Å². The molecule has 0 amide bonds. The van der Waals surface area contributed by atoms with Crippen molar-refractivity contribution in [2.24, 2.45) is 5.73 Å². The van der Waals surface area contributed by atoms with Gasteiger partial charge in [-0.1, -0.05) is 97.6 Å². The van der Waals surface area contributed by atoms with Gasteiger partial charge in [-0.15, -0.1) is 0 Å². The van der Waals surface area contributed by atoms with Crippen molar-refractivity contribution in [2.75, 3.05) is 0 Å². The quantitative estimate of drug-likeness (QED) is 0.748. The van der Waals surface area contributed by atoms with E-state index in [1.54, 1.807) is 0 Å². The zero-order chi connectivity index (χ0) is 18.2. The zero-order valence-corrected chi connectivity index (χ0v) is 15.0. The summed E-state index contributed by atoms with van der Waals surface area (Å²) in [7, 11) is 0. The molecule has 3 aromatic rings. The molecule has 0 aliphatic heterocycles. The van der Waals surface area contributed by atoms with Crippen molar-refractivity contribution in [3.63, 3.8) is 0 Å². The third-order valence-corrected chi connectivity index (χ3v) is 3.98.